The number of rotatable bonds is 5. The number of nitrogens with zero attached hydrogens (tertiary/aromatic N) is 2. The van der Waals surface area contributed by atoms with Crippen molar-refractivity contribution in [3.63, 3.8) is 0 Å². The number of hydrazone groups is 1. The van der Waals surface area contributed by atoms with Crippen LogP contribution in [0.5, 0.6) is 0 Å². The highest BCUT2D eigenvalue weighted by atomic mass is 16.2. The number of carbonyl (C=O) groups excluding carboxylic acids is 2. The van der Waals surface area contributed by atoms with Crippen molar-refractivity contribution >= 4 is 23.2 Å². The van der Waals surface area contributed by atoms with E-state index in [1.807, 2.05) is 24.3 Å². The predicted octanol–water partition coefficient (Wildman–Crippen LogP) is 2.58. The molecule has 1 aliphatic carbocycles. The topological polar surface area (TPSA) is 83.4 Å². The summed E-state index contributed by atoms with van der Waals surface area (Å²) >= 11 is 0. The molecule has 1 fully saturated rings. The van der Waals surface area contributed by atoms with Gasteiger partial charge in [0.2, 0.25) is 5.91 Å². The van der Waals surface area contributed by atoms with Crippen LogP contribution < -0.4 is 10.7 Å². The lowest BCUT2D eigenvalue weighted by molar-refractivity contribution is -0.117. The van der Waals surface area contributed by atoms with Crippen LogP contribution in [0.1, 0.15) is 35.8 Å². The van der Waals surface area contributed by atoms with Crippen LogP contribution >= 0.6 is 0 Å². The largest absolute Gasteiger partial charge is 0.326 e. The Labute approximate surface area is 140 Å². The number of pyridine rings is 1. The molecule has 6 heteroatoms. The predicted molar refractivity (Wildman–Crippen MR) is 91.7 cm³/mol. The molecular weight excluding hydrogens is 304 g/mol. The number of benzene rings is 1. The van der Waals surface area contributed by atoms with Crippen LogP contribution in [-0.2, 0) is 4.79 Å². The Morgan fingerprint density at radius 1 is 1.12 bits per heavy atom. The van der Waals surface area contributed by atoms with Gasteiger partial charge in [-0.1, -0.05) is 18.2 Å². The van der Waals surface area contributed by atoms with Crippen LogP contribution in [0.15, 0.2) is 53.8 Å². The number of amides is 2. The molecule has 122 valence electrons. The molecule has 1 aliphatic rings. The molecule has 2 aromatic rings. The van der Waals surface area contributed by atoms with Crippen molar-refractivity contribution in [2.75, 3.05) is 5.32 Å². The van der Waals surface area contributed by atoms with Crippen molar-refractivity contribution in [1.82, 2.24) is 10.4 Å². The minimum atomic E-state index is -0.358. The monoisotopic (exact) mass is 322 g/mol. The molecule has 6 nitrogen and oxygen atoms in total. The first kappa shape index (κ1) is 15.9. The number of hydrogen-bond donors (Lipinski definition) is 2. The first-order valence-corrected chi connectivity index (χ1v) is 7.80. The summed E-state index contributed by atoms with van der Waals surface area (Å²) in [6.45, 7) is 1.80. The lowest BCUT2D eigenvalue weighted by Crippen LogP contribution is -2.20. The average Bonchev–Trinajstić information content (AvgIpc) is 3.46. The SMILES string of the molecule is C/C(=N\NC(=O)c1ccccn1)c1ccc(NC(=O)C2CC2)cc1. The summed E-state index contributed by atoms with van der Waals surface area (Å²) in [5.74, 6) is -0.103. The normalized spacial score (nSPS) is 14.1. The summed E-state index contributed by atoms with van der Waals surface area (Å²) in [5, 5.41) is 6.97. The van der Waals surface area contributed by atoms with Gasteiger partial charge in [-0.25, -0.2) is 5.43 Å². The number of aromatic nitrogens is 1. The first-order valence-electron chi connectivity index (χ1n) is 7.80. The zero-order chi connectivity index (χ0) is 16.9. The van der Waals surface area contributed by atoms with E-state index in [1.165, 1.54) is 0 Å². The van der Waals surface area contributed by atoms with Gasteiger partial charge in [-0.05, 0) is 49.6 Å². The maximum absolute atomic E-state index is 11.9. The minimum absolute atomic E-state index is 0.0794. The molecule has 3 rings (SSSR count). The van der Waals surface area contributed by atoms with Gasteiger partial charge < -0.3 is 5.32 Å². The van der Waals surface area contributed by atoms with Gasteiger partial charge in [-0.3, -0.25) is 14.6 Å². The second kappa shape index (κ2) is 7.04. The van der Waals surface area contributed by atoms with Gasteiger partial charge in [0.05, 0.1) is 5.71 Å². The number of nitrogens with one attached hydrogen (secondary N) is 2. The third-order valence-electron chi connectivity index (χ3n) is 3.74. The molecule has 0 saturated heterocycles. The highest BCUT2D eigenvalue weighted by Gasteiger charge is 2.29. The molecule has 0 aliphatic heterocycles. The summed E-state index contributed by atoms with van der Waals surface area (Å²) in [6, 6.07) is 12.5. The molecule has 24 heavy (non-hydrogen) atoms. The van der Waals surface area contributed by atoms with E-state index < -0.39 is 0 Å². The van der Waals surface area contributed by atoms with Gasteiger partial charge in [0.15, 0.2) is 0 Å². The molecule has 0 atom stereocenters. The fraction of sp³-hybridized carbons (Fsp3) is 0.222. The third kappa shape index (κ3) is 4.04. The van der Waals surface area contributed by atoms with Crippen LogP contribution in [0.25, 0.3) is 0 Å². The van der Waals surface area contributed by atoms with E-state index in [-0.39, 0.29) is 17.7 Å². The fourth-order valence-corrected chi connectivity index (χ4v) is 2.14. The van der Waals surface area contributed by atoms with Crippen LogP contribution in [0, 0.1) is 5.92 Å². The Morgan fingerprint density at radius 2 is 1.88 bits per heavy atom. The smallest absolute Gasteiger partial charge is 0.289 e. The molecular formula is C18H18N4O2. The second-order valence-corrected chi connectivity index (χ2v) is 5.69. The van der Waals surface area contributed by atoms with Crippen molar-refractivity contribution in [3.8, 4) is 0 Å². The standard InChI is InChI=1S/C18H18N4O2/c1-12(21-22-18(24)16-4-2-3-11-19-16)13-7-9-15(10-8-13)20-17(23)14-5-6-14/h2-4,7-11,14H,5-6H2,1H3,(H,20,23)(H,22,24)/b21-12+. The number of carbonyl (C=O) groups is 2. The van der Waals surface area contributed by atoms with Crippen LogP contribution in [-0.4, -0.2) is 22.5 Å². The van der Waals surface area contributed by atoms with Gasteiger partial charge in [0.25, 0.3) is 5.91 Å². The average molecular weight is 322 g/mol. The summed E-state index contributed by atoms with van der Waals surface area (Å²) in [6.07, 6.45) is 3.51. The van der Waals surface area contributed by atoms with Crippen molar-refractivity contribution in [3.05, 3.63) is 59.9 Å². The van der Waals surface area contributed by atoms with Gasteiger partial charge in [0, 0.05) is 17.8 Å². The summed E-state index contributed by atoms with van der Waals surface area (Å²) in [7, 11) is 0. The van der Waals surface area contributed by atoms with Crippen molar-refractivity contribution in [2.24, 2.45) is 11.0 Å². The van der Waals surface area contributed by atoms with Crippen LogP contribution in [0.4, 0.5) is 5.69 Å². The molecule has 2 amide bonds. The zero-order valence-corrected chi connectivity index (χ0v) is 13.3. The lowest BCUT2D eigenvalue weighted by Gasteiger charge is -2.06. The molecule has 1 heterocycles. The Kier molecular flexibility index (Phi) is 4.65. The molecule has 2 N–H and O–H groups in total. The quantitative estimate of drug-likeness (QED) is 0.655. The summed E-state index contributed by atoms with van der Waals surface area (Å²) in [4.78, 5) is 27.6. The molecule has 0 bridgehead atoms. The molecule has 1 saturated carbocycles. The van der Waals surface area contributed by atoms with Crippen molar-refractivity contribution in [1.29, 1.82) is 0 Å². The summed E-state index contributed by atoms with van der Waals surface area (Å²) in [5.41, 5.74) is 5.09. The molecule has 0 spiro atoms. The van der Waals surface area contributed by atoms with E-state index in [2.05, 4.69) is 20.8 Å². The highest BCUT2D eigenvalue weighted by Crippen LogP contribution is 2.30. The van der Waals surface area contributed by atoms with E-state index in [1.54, 1.807) is 31.3 Å². The summed E-state index contributed by atoms with van der Waals surface area (Å²) < 4.78 is 0. The van der Waals surface area contributed by atoms with Gasteiger partial charge >= 0.3 is 0 Å². The zero-order valence-electron chi connectivity index (χ0n) is 13.3. The second-order valence-electron chi connectivity index (χ2n) is 5.69. The molecule has 1 aromatic carbocycles. The highest BCUT2D eigenvalue weighted by molar-refractivity contribution is 6.01. The van der Waals surface area contributed by atoms with E-state index in [0.717, 1.165) is 24.1 Å². The molecule has 0 unspecified atom stereocenters. The van der Waals surface area contributed by atoms with Gasteiger partial charge in [0.1, 0.15) is 5.69 Å². The van der Waals surface area contributed by atoms with E-state index in [4.69, 9.17) is 0 Å². The number of hydrogen-bond acceptors (Lipinski definition) is 4. The lowest BCUT2D eigenvalue weighted by atomic mass is 10.1. The first-order chi connectivity index (χ1) is 11.6. The molecule has 0 radical (unpaired) electrons. The van der Waals surface area contributed by atoms with Crippen LogP contribution in [0.2, 0.25) is 0 Å². The van der Waals surface area contributed by atoms with E-state index in [9.17, 15) is 9.59 Å². The van der Waals surface area contributed by atoms with Crippen molar-refractivity contribution in [2.45, 2.75) is 19.8 Å². The fourth-order valence-electron chi connectivity index (χ4n) is 2.14. The Hall–Kier alpha value is -3.02. The maximum atomic E-state index is 11.9. The minimum Gasteiger partial charge on any atom is -0.326 e. The van der Waals surface area contributed by atoms with E-state index in [0.29, 0.717) is 11.4 Å². The van der Waals surface area contributed by atoms with Crippen LogP contribution in [0.3, 0.4) is 0 Å². The van der Waals surface area contributed by atoms with E-state index >= 15 is 0 Å². The Bertz CT molecular complexity index is 765. The number of anilines is 1. The molecule has 1 aromatic heterocycles. The van der Waals surface area contributed by atoms with Gasteiger partial charge in [-0.2, -0.15) is 5.10 Å². The maximum Gasteiger partial charge on any atom is 0.289 e. The Balaban J connectivity index is 1.60. The third-order valence-corrected chi connectivity index (χ3v) is 3.74. The van der Waals surface area contributed by atoms with Crippen molar-refractivity contribution < 1.29 is 9.59 Å². The van der Waals surface area contributed by atoms with Gasteiger partial charge in [-0.15, -0.1) is 0 Å². The Morgan fingerprint density at radius 3 is 2.50 bits per heavy atom.